The maximum absolute atomic E-state index is 12.5. The van der Waals surface area contributed by atoms with Crippen LogP contribution in [0.4, 0.5) is 0 Å². The van der Waals surface area contributed by atoms with E-state index in [0.717, 1.165) is 12.1 Å². The van der Waals surface area contributed by atoms with Crippen molar-refractivity contribution in [3.8, 4) is 11.4 Å². The molecule has 0 spiro atoms. The molecule has 0 amide bonds. The Kier molecular flexibility index (Phi) is 4.17. The lowest BCUT2D eigenvalue weighted by Crippen LogP contribution is -2.26. The highest BCUT2D eigenvalue weighted by Gasteiger charge is 2.16. The Bertz CT molecular complexity index is 725. The molecule has 0 fully saturated rings. The molecule has 0 aliphatic heterocycles. The van der Waals surface area contributed by atoms with E-state index in [-0.39, 0.29) is 11.5 Å². The molecule has 7 heteroatoms. The van der Waals surface area contributed by atoms with Crippen molar-refractivity contribution in [1.82, 2.24) is 24.5 Å². The summed E-state index contributed by atoms with van der Waals surface area (Å²) in [5, 5.41) is 11.3. The van der Waals surface area contributed by atoms with E-state index in [9.17, 15) is 4.79 Å². The molecule has 2 aromatic heterocycles. The van der Waals surface area contributed by atoms with Crippen LogP contribution in [0.2, 0.25) is 0 Å². The van der Waals surface area contributed by atoms with Gasteiger partial charge in [-0.2, -0.15) is 10.2 Å². The zero-order chi connectivity index (χ0) is 14.9. The average Bonchev–Trinajstić information content (AvgIpc) is 2.73. The first-order chi connectivity index (χ1) is 9.45. The molecule has 2 heterocycles. The van der Waals surface area contributed by atoms with Crippen molar-refractivity contribution < 1.29 is 0 Å². The fourth-order valence-corrected chi connectivity index (χ4v) is 2.09. The molecule has 0 aliphatic carbocycles. The van der Waals surface area contributed by atoms with E-state index in [0.29, 0.717) is 22.7 Å². The number of aryl methyl sites for hydroxylation is 1. The van der Waals surface area contributed by atoms with Crippen LogP contribution in [0.5, 0.6) is 0 Å². The zero-order valence-electron chi connectivity index (χ0n) is 12.2. The topological polar surface area (TPSA) is 68.5 Å². The monoisotopic (exact) mass is 293 g/mol. The van der Waals surface area contributed by atoms with E-state index in [2.05, 4.69) is 29.1 Å². The molecule has 0 saturated carbocycles. The third-order valence-corrected chi connectivity index (χ3v) is 3.51. The standard InChI is InChI=1S/C13H19N5OS/c1-5-6-18-12(19)9(7-10(16-18)8(2)3)11-14-15-13(20)17(11)4/h7-8H,5-6H2,1-4H3,(H,15,20). The number of nitrogens with zero attached hydrogens (tertiary/aromatic N) is 4. The maximum atomic E-state index is 12.5. The van der Waals surface area contributed by atoms with Gasteiger partial charge in [0.25, 0.3) is 5.56 Å². The minimum atomic E-state index is -0.131. The van der Waals surface area contributed by atoms with Gasteiger partial charge in [0.1, 0.15) is 0 Å². The van der Waals surface area contributed by atoms with Gasteiger partial charge in [0, 0.05) is 13.6 Å². The van der Waals surface area contributed by atoms with Gasteiger partial charge in [-0.25, -0.2) is 4.68 Å². The molecule has 6 nitrogen and oxygen atoms in total. The second kappa shape index (κ2) is 5.70. The van der Waals surface area contributed by atoms with Gasteiger partial charge < -0.3 is 4.57 Å². The Balaban J connectivity index is 2.71. The quantitative estimate of drug-likeness (QED) is 0.878. The molecule has 20 heavy (non-hydrogen) atoms. The van der Waals surface area contributed by atoms with Gasteiger partial charge in [-0.15, -0.1) is 0 Å². The Labute approximate surface area is 122 Å². The van der Waals surface area contributed by atoms with E-state index in [1.165, 1.54) is 4.68 Å². The van der Waals surface area contributed by atoms with E-state index < -0.39 is 0 Å². The highest BCUT2D eigenvalue weighted by atomic mass is 32.1. The summed E-state index contributed by atoms with van der Waals surface area (Å²) < 4.78 is 3.71. The number of nitrogens with one attached hydrogen (secondary N) is 1. The van der Waals surface area contributed by atoms with Gasteiger partial charge in [-0.05, 0) is 30.6 Å². The van der Waals surface area contributed by atoms with Crippen LogP contribution in [-0.2, 0) is 13.6 Å². The summed E-state index contributed by atoms with van der Waals surface area (Å²) in [7, 11) is 1.79. The number of hydrogen-bond donors (Lipinski definition) is 1. The third-order valence-electron chi connectivity index (χ3n) is 3.14. The molecule has 0 saturated heterocycles. The number of H-pyrrole nitrogens is 1. The molecule has 0 aliphatic rings. The van der Waals surface area contributed by atoms with Crippen molar-refractivity contribution in [3.05, 3.63) is 26.9 Å². The average molecular weight is 293 g/mol. The van der Waals surface area contributed by atoms with Crippen LogP contribution in [0.25, 0.3) is 11.4 Å². The molecule has 1 N–H and O–H groups in total. The smallest absolute Gasteiger partial charge is 0.277 e. The molecule has 2 rings (SSSR count). The molecule has 2 aromatic rings. The van der Waals surface area contributed by atoms with E-state index in [4.69, 9.17) is 12.2 Å². The van der Waals surface area contributed by atoms with Crippen molar-refractivity contribution >= 4 is 12.2 Å². The van der Waals surface area contributed by atoms with Crippen molar-refractivity contribution in [3.63, 3.8) is 0 Å². The number of aromatic amines is 1. The Morgan fingerprint density at radius 1 is 1.45 bits per heavy atom. The van der Waals surface area contributed by atoms with Crippen LogP contribution in [-0.4, -0.2) is 24.5 Å². The number of hydrogen-bond acceptors (Lipinski definition) is 4. The summed E-state index contributed by atoms with van der Waals surface area (Å²) in [6.45, 7) is 6.72. The largest absolute Gasteiger partial charge is 0.303 e. The Morgan fingerprint density at radius 2 is 2.15 bits per heavy atom. The van der Waals surface area contributed by atoms with Gasteiger partial charge in [0.2, 0.25) is 0 Å². The second-order valence-electron chi connectivity index (χ2n) is 5.08. The molecule has 0 atom stereocenters. The SMILES string of the molecule is CCCn1nc(C(C)C)cc(-c2n[nH]c(=S)n2C)c1=O. The van der Waals surface area contributed by atoms with E-state index in [1.807, 2.05) is 13.0 Å². The predicted octanol–water partition coefficient (Wildman–Crippen LogP) is 2.23. The fraction of sp³-hybridized carbons (Fsp3) is 0.538. The summed E-state index contributed by atoms with van der Waals surface area (Å²) in [6.07, 6.45) is 0.854. The van der Waals surface area contributed by atoms with Crippen molar-refractivity contribution in [2.24, 2.45) is 7.05 Å². The first-order valence-electron chi connectivity index (χ1n) is 6.69. The van der Waals surface area contributed by atoms with E-state index in [1.54, 1.807) is 11.6 Å². The minimum absolute atomic E-state index is 0.131. The number of aromatic nitrogens is 5. The minimum Gasteiger partial charge on any atom is -0.303 e. The predicted molar refractivity (Wildman–Crippen MR) is 80.3 cm³/mol. The van der Waals surface area contributed by atoms with Gasteiger partial charge in [0.05, 0.1) is 11.3 Å². The van der Waals surface area contributed by atoms with Crippen LogP contribution < -0.4 is 5.56 Å². The first-order valence-corrected chi connectivity index (χ1v) is 7.10. The van der Waals surface area contributed by atoms with Gasteiger partial charge in [-0.1, -0.05) is 20.8 Å². The highest BCUT2D eigenvalue weighted by Crippen LogP contribution is 2.17. The van der Waals surface area contributed by atoms with Gasteiger partial charge in [-0.3, -0.25) is 9.89 Å². The van der Waals surface area contributed by atoms with Crippen molar-refractivity contribution in [1.29, 1.82) is 0 Å². The molecular weight excluding hydrogens is 274 g/mol. The molecule has 108 valence electrons. The lowest BCUT2D eigenvalue weighted by Gasteiger charge is -2.11. The summed E-state index contributed by atoms with van der Waals surface area (Å²) in [4.78, 5) is 12.5. The Hall–Kier alpha value is -1.76. The molecular formula is C13H19N5OS. The van der Waals surface area contributed by atoms with Crippen LogP contribution in [0.1, 0.15) is 38.8 Å². The molecule has 0 unspecified atom stereocenters. The van der Waals surface area contributed by atoms with Gasteiger partial charge >= 0.3 is 0 Å². The first kappa shape index (κ1) is 14.6. The van der Waals surface area contributed by atoms with E-state index >= 15 is 0 Å². The summed E-state index contributed by atoms with van der Waals surface area (Å²) in [6, 6.07) is 1.81. The van der Waals surface area contributed by atoms with Crippen molar-refractivity contribution in [2.75, 3.05) is 0 Å². The van der Waals surface area contributed by atoms with Gasteiger partial charge in [0.15, 0.2) is 10.6 Å². The maximum Gasteiger partial charge on any atom is 0.277 e. The van der Waals surface area contributed by atoms with Crippen LogP contribution in [0, 0.1) is 4.77 Å². The summed E-state index contributed by atoms with van der Waals surface area (Å²) >= 11 is 5.11. The molecule has 0 bridgehead atoms. The highest BCUT2D eigenvalue weighted by molar-refractivity contribution is 7.71. The zero-order valence-corrected chi connectivity index (χ0v) is 13.0. The molecule has 0 aromatic carbocycles. The van der Waals surface area contributed by atoms with Crippen LogP contribution in [0.3, 0.4) is 0 Å². The molecule has 0 radical (unpaired) electrons. The second-order valence-corrected chi connectivity index (χ2v) is 5.46. The van der Waals surface area contributed by atoms with Crippen LogP contribution in [0.15, 0.2) is 10.9 Å². The normalized spacial score (nSPS) is 11.2. The number of rotatable bonds is 4. The van der Waals surface area contributed by atoms with Crippen LogP contribution >= 0.6 is 12.2 Å². The lowest BCUT2D eigenvalue weighted by molar-refractivity contribution is 0.548. The third kappa shape index (κ3) is 2.58. The summed E-state index contributed by atoms with van der Waals surface area (Å²) in [5.74, 6) is 0.791. The Morgan fingerprint density at radius 3 is 2.65 bits per heavy atom. The summed E-state index contributed by atoms with van der Waals surface area (Å²) in [5.41, 5.74) is 1.28. The fourth-order valence-electron chi connectivity index (χ4n) is 1.96. The lowest BCUT2D eigenvalue weighted by atomic mass is 10.1. The van der Waals surface area contributed by atoms with Crippen molar-refractivity contribution in [2.45, 2.75) is 39.7 Å².